The number of aliphatic carboxylic acids is 1. The molecule has 2 N–H and O–H groups in total. The molecule has 84 valence electrons. The van der Waals surface area contributed by atoms with Crippen LogP contribution in [0.15, 0.2) is 0 Å². The highest BCUT2D eigenvalue weighted by atomic mass is 16.4. The molecule has 5 nitrogen and oxygen atoms in total. The Hall–Kier alpha value is -1.39. The van der Waals surface area contributed by atoms with Gasteiger partial charge in [-0.2, -0.15) is 0 Å². The van der Waals surface area contributed by atoms with Crippen molar-refractivity contribution in [1.29, 1.82) is 0 Å². The summed E-state index contributed by atoms with van der Waals surface area (Å²) >= 11 is 0. The van der Waals surface area contributed by atoms with E-state index in [4.69, 9.17) is 5.11 Å². The fourth-order valence-corrected chi connectivity index (χ4v) is 2.07. The maximum absolute atomic E-state index is 11.2. The van der Waals surface area contributed by atoms with Crippen LogP contribution in [-0.2, 0) is 14.4 Å². The summed E-state index contributed by atoms with van der Waals surface area (Å²) in [5, 5.41) is 11.2. The fraction of sp³-hybridized carbons (Fsp3) is 0.700. The Balaban J connectivity index is 2.75. The van der Waals surface area contributed by atoms with Gasteiger partial charge in [0.2, 0.25) is 6.41 Å². The second-order valence-electron chi connectivity index (χ2n) is 4.02. The van der Waals surface area contributed by atoms with Crippen LogP contribution in [0.2, 0.25) is 0 Å². The lowest BCUT2D eigenvalue weighted by molar-refractivity contribution is -0.143. The lowest BCUT2D eigenvalue weighted by atomic mass is 9.75. The summed E-state index contributed by atoms with van der Waals surface area (Å²) in [4.78, 5) is 32.4. The molecule has 3 atom stereocenters. The quantitative estimate of drug-likeness (QED) is 0.653. The predicted octanol–water partition coefficient (Wildman–Crippen LogP) is 0.191. The molecule has 3 unspecified atom stereocenters. The third-order valence-corrected chi connectivity index (χ3v) is 3.01. The molecular formula is C10H15NO4. The Morgan fingerprint density at radius 3 is 2.87 bits per heavy atom. The molecule has 5 heteroatoms. The van der Waals surface area contributed by atoms with E-state index < -0.39 is 12.0 Å². The average molecular weight is 213 g/mol. The van der Waals surface area contributed by atoms with Crippen molar-refractivity contribution in [3.05, 3.63) is 0 Å². The number of amides is 1. The molecule has 1 aliphatic carbocycles. The predicted molar refractivity (Wildman–Crippen MR) is 52.1 cm³/mol. The zero-order valence-electron chi connectivity index (χ0n) is 8.60. The molecule has 1 saturated carbocycles. The molecule has 0 radical (unpaired) electrons. The first kappa shape index (κ1) is 11.7. The van der Waals surface area contributed by atoms with Gasteiger partial charge in [-0.1, -0.05) is 6.92 Å². The number of hydrogen-bond acceptors (Lipinski definition) is 3. The Kier molecular flexibility index (Phi) is 3.82. The minimum atomic E-state index is -1.08. The number of carboxylic acids is 1. The number of carbonyl (C=O) groups excluding carboxylic acids is 2. The van der Waals surface area contributed by atoms with Crippen molar-refractivity contribution in [3.63, 3.8) is 0 Å². The molecule has 0 aromatic carbocycles. The van der Waals surface area contributed by atoms with Crippen LogP contribution in [0.25, 0.3) is 0 Å². The van der Waals surface area contributed by atoms with Crippen LogP contribution in [0.1, 0.15) is 26.2 Å². The first-order valence-electron chi connectivity index (χ1n) is 5.00. The maximum Gasteiger partial charge on any atom is 0.326 e. The van der Waals surface area contributed by atoms with E-state index in [-0.39, 0.29) is 24.0 Å². The molecule has 0 saturated heterocycles. The van der Waals surface area contributed by atoms with Crippen molar-refractivity contribution >= 4 is 18.2 Å². The Morgan fingerprint density at radius 1 is 1.67 bits per heavy atom. The minimum Gasteiger partial charge on any atom is -0.480 e. The Labute approximate surface area is 87.8 Å². The summed E-state index contributed by atoms with van der Waals surface area (Å²) in [7, 11) is 0. The molecule has 1 rings (SSSR count). The van der Waals surface area contributed by atoms with Crippen LogP contribution in [-0.4, -0.2) is 29.3 Å². The van der Waals surface area contributed by atoms with Crippen LogP contribution in [0.4, 0.5) is 0 Å². The van der Waals surface area contributed by atoms with E-state index in [0.29, 0.717) is 19.3 Å². The van der Waals surface area contributed by atoms with Gasteiger partial charge >= 0.3 is 5.97 Å². The zero-order valence-corrected chi connectivity index (χ0v) is 8.60. The molecule has 1 aliphatic rings. The minimum absolute atomic E-state index is 0.0806. The summed E-state index contributed by atoms with van der Waals surface area (Å²) in [5.74, 6) is -1.13. The van der Waals surface area contributed by atoms with Gasteiger partial charge in [0.1, 0.15) is 11.8 Å². The molecule has 0 aromatic heterocycles. The van der Waals surface area contributed by atoms with E-state index in [2.05, 4.69) is 5.32 Å². The van der Waals surface area contributed by atoms with Crippen molar-refractivity contribution < 1.29 is 19.5 Å². The number of rotatable bonds is 4. The smallest absolute Gasteiger partial charge is 0.326 e. The number of ketones is 1. The van der Waals surface area contributed by atoms with Crippen molar-refractivity contribution in [2.75, 3.05) is 0 Å². The van der Waals surface area contributed by atoms with Crippen molar-refractivity contribution in [2.45, 2.75) is 32.2 Å². The van der Waals surface area contributed by atoms with Gasteiger partial charge in [0.15, 0.2) is 0 Å². The van der Waals surface area contributed by atoms with E-state index in [1.54, 1.807) is 0 Å². The van der Waals surface area contributed by atoms with Gasteiger partial charge in [-0.15, -0.1) is 0 Å². The summed E-state index contributed by atoms with van der Waals surface area (Å²) < 4.78 is 0. The first-order valence-corrected chi connectivity index (χ1v) is 5.00. The van der Waals surface area contributed by atoms with E-state index in [1.807, 2.05) is 6.92 Å². The van der Waals surface area contributed by atoms with E-state index in [0.717, 1.165) is 0 Å². The SMILES string of the molecule is CC1CCC(=O)CC1C(NC=O)C(=O)O. The summed E-state index contributed by atoms with van der Waals surface area (Å²) in [6.07, 6.45) is 1.85. The molecule has 0 heterocycles. The standard InChI is InChI=1S/C10H15NO4/c1-6-2-3-7(13)4-8(6)9(10(14)15)11-5-12/h5-6,8-9H,2-4H2,1H3,(H,11,12)(H,14,15). The highest BCUT2D eigenvalue weighted by Crippen LogP contribution is 2.30. The normalized spacial score (nSPS) is 28.2. The summed E-state index contributed by atoms with van der Waals surface area (Å²) in [6, 6.07) is -0.943. The highest BCUT2D eigenvalue weighted by molar-refractivity contribution is 5.82. The molecule has 0 aliphatic heterocycles. The van der Waals surface area contributed by atoms with Gasteiger partial charge in [0.05, 0.1) is 0 Å². The third kappa shape index (κ3) is 2.78. The van der Waals surface area contributed by atoms with Gasteiger partial charge in [-0.05, 0) is 18.3 Å². The number of Topliss-reactive ketones (excluding diaryl/α,β-unsaturated/α-hetero) is 1. The second-order valence-corrected chi connectivity index (χ2v) is 4.02. The van der Waals surface area contributed by atoms with Crippen LogP contribution in [0.5, 0.6) is 0 Å². The van der Waals surface area contributed by atoms with Crippen molar-refractivity contribution in [1.82, 2.24) is 5.32 Å². The fourth-order valence-electron chi connectivity index (χ4n) is 2.07. The van der Waals surface area contributed by atoms with Gasteiger partial charge in [-0.3, -0.25) is 9.59 Å². The zero-order chi connectivity index (χ0) is 11.4. The first-order chi connectivity index (χ1) is 7.06. The lowest BCUT2D eigenvalue weighted by Gasteiger charge is -2.31. The van der Waals surface area contributed by atoms with Crippen LogP contribution in [0.3, 0.4) is 0 Å². The molecule has 15 heavy (non-hydrogen) atoms. The number of nitrogens with one attached hydrogen (secondary N) is 1. The molecule has 1 fully saturated rings. The Morgan fingerprint density at radius 2 is 2.33 bits per heavy atom. The monoisotopic (exact) mass is 213 g/mol. The summed E-state index contributed by atoms with van der Waals surface area (Å²) in [6.45, 7) is 1.92. The number of hydrogen-bond donors (Lipinski definition) is 2. The molecule has 1 amide bonds. The lowest BCUT2D eigenvalue weighted by Crippen LogP contribution is -2.46. The summed E-state index contributed by atoms with van der Waals surface area (Å²) in [5.41, 5.74) is 0. The van der Waals surface area contributed by atoms with Gasteiger partial charge in [-0.25, -0.2) is 4.79 Å². The average Bonchev–Trinajstić information content (AvgIpc) is 2.18. The van der Waals surface area contributed by atoms with Crippen molar-refractivity contribution in [2.24, 2.45) is 11.8 Å². The topological polar surface area (TPSA) is 83.5 Å². The van der Waals surface area contributed by atoms with Crippen LogP contribution in [0, 0.1) is 11.8 Å². The van der Waals surface area contributed by atoms with Crippen LogP contribution < -0.4 is 5.32 Å². The maximum atomic E-state index is 11.2. The number of carboxylic acid groups (broad SMARTS) is 1. The molecule has 0 bridgehead atoms. The molecule has 0 aromatic rings. The van der Waals surface area contributed by atoms with Gasteiger partial charge in [0, 0.05) is 12.8 Å². The van der Waals surface area contributed by atoms with E-state index in [1.165, 1.54) is 0 Å². The highest BCUT2D eigenvalue weighted by Gasteiger charge is 2.36. The second kappa shape index (κ2) is 4.91. The van der Waals surface area contributed by atoms with E-state index in [9.17, 15) is 14.4 Å². The van der Waals surface area contributed by atoms with Gasteiger partial charge in [0.25, 0.3) is 0 Å². The Bertz CT molecular complexity index is 277. The van der Waals surface area contributed by atoms with Gasteiger partial charge < -0.3 is 10.4 Å². The molecular weight excluding hydrogens is 198 g/mol. The van der Waals surface area contributed by atoms with E-state index >= 15 is 0 Å². The number of carbonyl (C=O) groups is 3. The third-order valence-electron chi connectivity index (χ3n) is 3.01. The largest absolute Gasteiger partial charge is 0.480 e. The van der Waals surface area contributed by atoms with Crippen LogP contribution >= 0.6 is 0 Å². The van der Waals surface area contributed by atoms with Crippen molar-refractivity contribution in [3.8, 4) is 0 Å². The molecule has 0 spiro atoms.